The molecule has 0 radical (unpaired) electrons. The molecule has 2 rings (SSSR count). The minimum atomic E-state index is -0.706. The second kappa shape index (κ2) is 5.80. The Hall–Kier alpha value is -0.610. The Morgan fingerprint density at radius 2 is 2.21 bits per heavy atom. The number of piperidine rings is 1. The second-order valence-corrected chi connectivity index (χ2v) is 6.92. The highest BCUT2D eigenvalue weighted by molar-refractivity contribution is 5.78. The molecule has 0 aromatic carbocycles. The summed E-state index contributed by atoms with van der Waals surface area (Å²) in [6.07, 6.45) is 4.56. The lowest BCUT2D eigenvalue weighted by Gasteiger charge is -2.36. The summed E-state index contributed by atoms with van der Waals surface area (Å²) in [5, 5.41) is 12.4. The lowest BCUT2D eigenvalue weighted by molar-refractivity contribution is -0.143. The van der Waals surface area contributed by atoms with Gasteiger partial charge < -0.3 is 15.3 Å². The molecule has 0 aromatic heterocycles. The van der Waals surface area contributed by atoms with Crippen molar-refractivity contribution in [2.24, 2.45) is 11.8 Å². The number of likely N-dealkylation sites (tertiary alicyclic amines) is 1. The molecule has 0 spiro atoms. The molecule has 4 heteroatoms. The van der Waals surface area contributed by atoms with E-state index in [-0.39, 0.29) is 0 Å². The average Bonchev–Trinajstić information content (AvgIpc) is 2.72. The van der Waals surface area contributed by atoms with E-state index >= 15 is 0 Å². The quantitative estimate of drug-likeness (QED) is 0.818. The molecule has 2 saturated heterocycles. The van der Waals surface area contributed by atoms with Crippen LogP contribution in [0.25, 0.3) is 0 Å². The Labute approximate surface area is 116 Å². The Balaban J connectivity index is 1.84. The van der Waals surface area contributed by atoms with Crippen LogP contribution in [-0.4, -0.2) is 47.2 Å². The van der Waals surface area contributed by atoms with Crippen molar-refractivity contribution in [2.75, 3.05) is 19.6 Å². The lowest BCUT2D eigenvalue weighted by Crippen LogP contribution is -2.44. The third-order valence-electron chi connectivity index (χ3n) is 4.90. The fourth-order valence-electron chi connectivity index (χ4n) is 3.65. The molecule has 2 fully saturated rings. The molecular weight excluding hydrogens is 240 g/mol. The van der Waals surface area contributed by atoms with E-state index in [2.05, 4.69) is 24.1 Å². The van der Waals surface area contributed by atoms with E-state index in [1.165, 1.54) is 32.4 Å². The first-order chi connectivity index (χ1) is 8.90. The number of carboxylic acid groups (broad SMARTS) is 1. The molecule has 19 heavy (non-hydrogen) atoms. The van der Waals surface area contributed by atoms with Gasteiger partial charge in [-0.15, -0.1) is 0 Å². The van der Waals surface area contributed by atoms with E-state index in [0.717, 1.165) is 18.9 Å². The number of rotatable bonds is 4. The van der Waals surface area contributed by atoms with Crippen LogP contribution in [0.15, 0.2) is 0 Å². The molecule has 2 aliphatic rings. The molecule has 0 aromatic rings. The standard InChI is InChI=1S/C15H28N2O2/c1-11(2)17-6-4-5-12(10-17)7-13-8-15(3,14(18)19)16-9-13/h11-13,16H,4-10H2,1-3H3,(H,18,19). The zero-order valence-corrected chi connectivity index (χ0v) is 12.5. The predicted molar refractivity (Wildman–Crippen MR) is 76.2 cm³/mol. The van der Waals surface area contributed by atoms with E-state index in [1.807, 2.05) is 6.92 Å². The first kappa shape index (κ1) is 14.8. The molecule has 0 aliphatic carbocycles. The topological polar surface area (TPSA) is 52.6 Å². The highest BCUT2D eigenvalue weighted by atomic mass is 16.4. The van der Waals surface area contributed by atoms with E-state index in [9.17, 15) is 9.90 Å². The smallest absolute Gasteiger partial charge is 0.323 e. The van der Waals surface area contributed by atoms with Gasteiger partial charge in [-0.1, -0.05) is 0 Å². The zero-order valence-electron chi connectivity index (χ0n) is 12.5. The van der Waals surface area contributed by atoms with Gasteiger partial charge >= 0.3 is 5.97 Å². The minimum absolute atomic E-state index is 0.526. The summed E-state index contributed by atoms with van der Waals surface area (Å²) < 4.78 is 0. The van der Waals surface area contributed by atoms with E-state index < -0.39 is 11.5 Å². The Bertz CT molecular complexity index is 332. The van der Waals surface area contributed by atoms with Crippen molar-refractivity contribution in [1.82, 2.24) is 10.2 Å². The van der Waals surface area contributed by atoms with Gasteiger partial charge in [0, 0.05) is 12.6 Å². The van der Waals surface area contributed by atoms with Gasteiger partial charge in [0.1, 0.15) is 5.54 Å². The molecule has 2 heterocycles. The first-order valence-corrected chi connectivity index (χ1v) is 7.63. The Morgan fingerprint density at radius 3 is 2.79 bits per heavy atom. The third kappa shape index (κ3) is 3.48. The van der Waals surface area contributed by atoms with Crippen LogP contribution in [-0.2, 0) is 4.79 Å². The molecule has 0 saturated carbocycles. The van der Waals surface area contributed by atoms with Crippen LogP contribution in [0, 0.1) is 11.8 Å². The fraction of sp³-hybridized carbons (Fsp3) is 0.933. The molecule has 2 aliphatic heterocycles. The normalized spacial score (nSPS) is 36.8. The van der Waals surface area contributed by atoms with Crippen LogP contribution in [0.3, 0.4) is 0 Å². The number of aliphatic carboxylic acids is 1. The van der Waals surface area contributed by atoms with Crippen LogP contribution >= 0.6 is 0 Å². The van der Waals surface area contributed by atoms with Gasteiger partial charge in [0.25, 0.3) is 0 Å². The molecule has 0 bridgehead atoms. The number of carbonyl (C=O) groups is 1. The monoisotopic (exact) mass is 268 g/mol. The number of nitrogens with zero attached hydrogens (tertiary/aromatic N) is 1. The van der Waals surface area contributed by atoms with Crippen LogP contribution in [0.5, 0.6) is 0 Å². The van der Waals surface area contributed by atoms with E-state index in [4.69, 9.17) is 0 Å². The van der Waals surface area contributed by atoms with Crippen LogP contribution in [0.2, 0.25) is 0 Å². The van der Waals surface area contributed by atoms with Crippen LogP contribution in [0.4, 0.5) is 0 Å². The fourth-order valence-corrected chi connectivity index (χ4v) is 3.65. The van der Waals surface area contributed by atoms with Crippen molar-refractivity contribution in [2.45, 2.75) is 58.0 Å². The second-order valence-electron chi connectivity index (χ2n) is 6.92. The molecule has 110 valence electrons. The summed E-state index contributed by atoms with van der Waals surface area (Å²) in [6.45, 7) is 9.63. The maximum Gasteiger partial charge on any atom is 0.323 e. The molecular formula is C15H28N2O2. The van der Waals surface area contributed by atoms with Crippen molar-refractivity contribution in [3.8, 4) is 0 Å². The maximum atomic E-state index is 11.2. The van der Waals surface area contributed by atoms with Crippen molar-refractivity contribution in [1.29, 1.82) is 0 Å². The van der Waals surface area contributed by atoms with Crippen molar-refractivity contribution < 1.29 is 9.90 Å². The largest absolute Gasteiger partial charge is 0.480 e. The first-order valence-electron chi connectivity index (χ1n) is 7.63. The van der Waals surface area contributed by atoms with E-state index in [1.54, 1.807) is 0 Å². The summed E-state index contributed by atoms with van der Waals surface area (Å²) in [7, 11) is 0. The average molecular weight is 268 g/mol. The predicted octanol–water partition coefficient (Wildman–Crippen LogP) is 1.95. The van der Waals surface area contributed by atoms with E-state index in [0.29, 0.717) is 12.0 Å². The Morgan fingerprint density at radius 1 is 1.47 bits per heavy atom. The van der Waals surface area contributed by atoms with Crippen molar-refractivity contribution >= 4 is 5.97 Å². The summed E-state index contributed by atoms with van der Waals surface area (Å²) in [5.41, 5.74) is -0.697. The van der Waals surface area contributed by atoms with Gasteiger partial charge in [0.2, 0.25) is 0 Å². The number of hydrogen-bond donors (Lipinski definition) is 2. The Kier molecular flexibility index (Phi) is 4.51. The van der Waals surface area contributed by atoms with Gasteiger partial charge in [-0.2, -0.15) is 0 Å². The minimum Gasteiger partial charge on any atom is -0.480 e. The highest BCUT2D eigenvalue weighted by Gasteiger charge is 2.41. The summed E-state index contributed by atoms with van der Waals surface area (Å²) in [4.78, 5) is 13.8. The van der Waals surface area contributed by atoms with Crippen molar-refractivity contribution in [3.05, 3.63) is 0 Å². The summed E-state index contributed by atoms with van der Waals surface area (Å²) in [5.74, 6) is 0.569. The van der Waals surface area contributed by atoms with Gasteiger partial charge in [-0.25, -0.2) is 0 Å². The summed E-state index contributed by atoms with van der Waals surface area (Å²) in [6, 6.07) is 0.633. The number of carboxylic acids is 1. The lowest BCUT2D eigenvalue weighted by atomic mass is 9.84. The highest BCUT2D eigenvalue weighted by Crippen LogP contribution is 2.32. The number of nitrogens with one attached hydrogen (secondary N) is 1. The SMILES string of the molecule is CC(C)N1CCCC(CC2CNC(C)(C(=O)O)C2)C1. The molecule has 4 nitrogen and oxygen atoms in total. The van der Waals surface area contributed by atoms with Gasteiger partial charge in [0.15, 0.2) is 0 Å². The van der Waals surface area contributed by atoms with Gasteiger partial charge in [-0.05, 0) is 71.4 Å². The molecule has 2 N–H and O–H groups in total. The zero-order chi connectivity index (χ0) is 14.0. The molecule has 0 amide bonds. The van der Waals surface area contributed by atoms with Crippen molar-refractivity contribution in [3.63, 3.8) is 0 Å². The maximum absolute atomic E-state index is 11.2. The number of hydrogen-bond acceptors (Lipinski definition) is 3. The van der Waals surface area contributed by atoms with Crippen LogP contribution in [0.1, 0.15) is 46.5 Å². The molecule has 3 unspecified atom stereocenters. The van der Waals surface area contributed by atoms with Crippen LogP contribution < -0.4 is 5.32 Å². The van der Waals surface area contributed by atoms with Gasteiger partial charge in [-0.3, -0.25) is 4.79 Å². The molecule has 3 atom stereocenters. The summed E-state index contributed by atoms with van der Waals surface area (Å²) >= 11 is 0. The van der Waals surface area contributed by atoms with Gasteiger partial charge in [0.05, 0.1) is 0 Å². The third-order valence-corrected chi connectivity index (χ3v) is 4.90.